The first-order valence-electron chi connectivity index (χ1n) is 6.54. The zero-order valence-electron chi connectivity index (χ0n) is 12.1. The van der Waals surface area contributed by atoms with Crippen molar-refractivity contribution < 1.29 is 9.59 Å². The summed E-state index contributed by atoms with van der Waals surface area (Å²) in [5.74, 6) is -0.606. The Morgan fingerprint density at radius 2 is 1.50 bits per heavy atom. The topological polar surface area (TPSA) is 63.4 Å². The average molecular weight is 290 g/mol. The van der Waals surface area contributed by atoms with E-state index in [0.717, 1.165) is 11.1 Å². The minimum atomic E-state index is -0.545. The monoisotopic (exact) mass is 290 g/mol. The summed E-state index contributed by atoms with van der Waals surface area (Å²) < 4.78 is 0. The average Bonchev–Trinajstić information content (AvgIpc) is 2.59. The van der Waals surface area contributed by atoms with Crippen molar-refractivity contribution in [2.45, 2.75) is 33.7 Å². The summed E-state index contributed by atoms with van der Waals surface area (Å²) in [6.07, 6.45) is 0. The molecule has 0 aliphatic carbocycles. The first-order valence-corrected chi connectivity index (χ1v) is 6.95. The number of fused-ring (bicyclic) bond motifs is 1. The maximum absolute atomic E-state index is 12.6. The summed E-state index contributed by atoms with van der Waals surface area (Å²) in [4.78, 5) is 26.6. The Labute approximate surface area is 123 Å². The van der Waals surface area contributed by atoms with Crippen LogP contribution in [0.3, 0.4) is 0 Å². The molecule has 5 heteroatoms. The molecule has 2 amide bonds. The quantitative estimate of drug-likeness (QED) is 0.685. The second-order valence-electron chi connectivity index (χ2n) is 5.52. The number of thiocarbonyl (C=S) groups is 1. The lowest BCUT2D eigenvalue weighted by Gasteiger charge is -2.28. The Balaban J connectivity index is 2.60. The minimum absolute atomic E-state index is 0.0182. The maximum atomic E-state index is 12.6. The van der Waals surface area contributed by atoms with Crippen molar-refractivity contribution in [3.05, 3.63) is 34.4 Å². The summed E-state index contributed by atoms with van der Waals surface area (Å²) in [6, 6.07) is 3.17. The lowest BCUT2D eigenvalue weighted by atomic mass is 9.99. The minimum Gasteiger partial charge on any atom is -0.392 e. The van der Waals surface area contributed by atoms with Crippen molar-refractivity contribution in [3.63, 3.8) is 0 Å². The molecular weight excluding hydrogens is 272 g/mol. The number of aryl methyl sites for hydroxylation is 2. The van der Waals surface area contributed by atoms with E-state index in [4.69, 9.17) is 18.0 Å². The molecule has 0 spiro atoms. The molecule has 1 aromatic rings. The van der Waals surface area contributed by atoms with Gasteiger partial charge in [0.15, 0.2) is 0 Å². The van der Waals surface area contributed by atoms with E-state index in [1.165, 1.54) is 4.90 Å². The fourth-order valence-corrected chi connectivity index (χ4v) is 3.08. The molecular formula is C15H18N2O2S. The normalized spacial score (nSPS) is 15.8. The van der Waals surface area contributed by atoms with Gasteiger partial charge < -0.3 is 5.73 Å². The van der Waals surface area contributed by atoms with Crippen LogP contribution in [0.25, 0.3) is 0 Å². The molecule has 0 saturated carbocycles. The number of hydrogen-bond acceptors (Lipinski definition) is 3. The lowest BCUT2D eigenvalue weighted by Crippen LogP contribution is -2.50. The summed E-state index contributed by atoms with van der Waals surface area (Å²) in [6.45, 7) is 7.45. The van der Waals surface area contributed by atoms with Crippen LogP contribution in [-0.4, -0.2) is 27.7 Å². The maximum Gasteiger partial charge on any atom is 0.262 e. The SMILES string of the molecule is Cc1ccc(C)c2c1C(=O)N(C(C(N)=S)C(C)C)C2=O. The van der Waals surface area contributed by atoms with Crippen LogP contribution in [0.2, 0.25) is 0 Å². The van der Waals surface area contributed by atoms with Crippen molar-refractivity contribution in [1.29, 1.82) is 0 Å². The van der Waals surface area contributed by atoms with E-state index < -0.39 is 6.04 Å². The van der Waals surface area contributed by atoms with Crippen molar-refractivity contribution in [3.8, 4) is 0 Å². The van der Waals surface area contributed by atoms with Crippen LogP contribution in [0.4, 0.5) is 0 Å². The van der Waals surface area contributed by atoms with Crippen LogP contribution in [0, 0.1) is 19.8 Å². The second-order valence-corrected chi connectivity index (χ2v) is 5.99. The van der Waals surface area contributed by atoms with E-state index in [0.29, 0.717) is 11.1 Å². The Bertz CT molecular complexity index is 582. The molecule has 0 radical (unpaired) electrons. The molecule has 0 aromatic heterocycles. The van der Waals surface area contributed by atoms with E-state index in [1.807, 2.05) is 39.8 Å². The first kappa shape index (κ1) is 14.7. The third-order valence-corrected chi connectivity index (χ3v) is 3.93. The number of rotatable bonds is 3. The molecule has 1 aliphatic rings. The van der Waals surface area contributed by atoms with Crippen molar-refractivity contribution >= 4 is 29.0 Å². The van der Waals surface area contributed by atoms with E-state index in [-0.39, 0.29) is 22.7 Å². The Kier molecular flexibility index (Phi) is 3.65. The molecule has 1 aromatic carbocycles. The molecule has 0 fully saturated rings. The van der Waals surface area contributed by atoms with Gasteiger partial charge in [-0.1, -0.05) is 38.2 Å². The van der Waals surface area contributed by atoms with Crippen molar-refractivity contribution in [1.82, 2.24) is 4.90 Å². The molecule has 1 heterocycles. The number of amides is 2. The second kappa shape index (κ2) is 4.98. The van der Waals surface area contributed by atoms with Gasteiger partial charge in [-0.25, -0.2) is 0 Å². The summed E-state index contributed by atoms with van der Waals surface area (Å²) in [5.41, 5.74) is 8.31. The fourth-order valence-electron chi connectivity index (χ4n) is 2.70. The number of imide groups is 1. The summed E-state index contributed by atoms with van der Waals surface area (Å²) in [5, 5.41) is 0. The molecule has 0 bridgehead atoms. The van der Waals surface area contributed by atoms with Crippen LogP contribution in [-0.2, 0) is 0 Å². The molecule has 106 valence electrons. The highest BCUT2D eigenvalue weighted by Gasteiger charge is 2.43. The zero-order chi connectivity index (χ0) is 15.2. The fraction of sp³-hybridized carbons (Fsp3) is 0.400. The highest BCUT2D eigenvalue weighted by Crippen LogP contribution is 2.31. The third kappa shape index (κ3) is 2.02. The molecule has 2 N–H and O–H groups in total. The summed E-state index contributed by atoms with van der Waals surface area (Å²) in [7, 11) is 0. The Hall–Kier alpha value is -1.75. The Morgan fingerprint density at radius 1 is 1.10 bits per heavy atom. The molecule has 4 nitrogen and oxygen atoms in total. The molecule has 1 atom stereocenters. The van der Waals surface area contributed by atoms with Gasteiger partial charge >= 0.3 is 0 Å². The predicted octanol–water partition coefficient (Wildman–Crippen LogP) is 2.21. The smallest absolute Gasteiger partial charge is 0.262 e. The van der Waals surface area contributed by atoms with Gasteiger partial charge in [-0.15, -0.1) is 0 Å². The highest BCUT2D eigenvalue weighted by molar-refractivity contribution is 7.80. The van der Waals surface area contributed by atoms with Crippen LogP contribution in [0.5, 0.6) is 0 Å². The standard InChI is InChI=1S/C15H18N2O2S/c1-7(2)12(13(16)20)17-14(18)10-8(3)5-6-9(4)11(10)15(17)19/h5-7,12H,1-4H3,(H2,16,20). The summed E-state index contributed by atoms with van der Waals surface area (Å²) >= 11 is 5.04. The molecule has 20 heavy (non-hydrogen) atoms. The van der Waals surface area contributed by atoms with Gasteiger partial charge in [-0.3, -0.25) is 14.5 Å². The molecule has 1 unspecified atom stereocenters. The zero-order valence-corrected chi connectivity index (χ0v) is 12.9. The van der Waals surface area contributed by atoms with Gasteiger partial charge in [0.05, 0.1) is 22.2 Å². The van der Waals surface area contributed by atoms with Gasteiger partial charge in [0.2, 0.25) is 0 Å². The number of nitrogens with two attached hydrogens (primary N) is 1. The largest absolute Gasteiger partial charge is 0.392 e. The van der Waals surface area contributed by atoms with E-state index in [9.17, 15) is 9.59 Å². The van der Waals surface area contributed by atoms with Gasteiger partial charge in [0.1, 0.15) is 0 Å². The van der Waals surface area contributed by atoms with E-state index in [1.54, 1.807) is 0 Å². The highest BCUT2D eigenvalue weighted by atomic mass is 32.1. The molecule has 0 saturated heterocycles. The molecule has 2 rings (SSSR count). The third-order valence-electron chi connectivity index (χ3n) is 3.69. The van der Waals surface area contributed by atoms with Gasteiger partial charge in [0.25, 0.3) is 11.8 Å². The number of carbonyl (C=O) groups is 2. The van der Waals surface area contributed by atoms with Crippen molar-refractivity contribution in [2.75, 3.05) is 0 Å². The van der Waals surface area contributed by atoms with Crippen LogP contribution in [0.15, 0.2) is 12.1 Å². The number of carbonyl (C=O) groups excluding carboxylic acids is 2. The number of hydrogen-bond donors (Lipinski definition) is 1. The van der Waals surface area contributed by atoms with E-state index >= 15 is 0 Å². The van der Waals surface area contributed by atoms with Crippen LogP contribution >= 0.6 is 12.2 Å². The van der Waals surface area contributed by atoms with Gasteiger partial charge in [-0.05, 0) is 30.9 Å². The predicted molar refractivity (Wildman–Crippen MR) is 81.8 cm³/mol. The van der Waals surface area contributed by atoms with Gasteiger partial charge in [0, 0.05) is 0 Å². The van der Waals surface area contributed by atoms with Crippen LogP contribution in [0.1, 0.15) is 45.7 Å². The van der Waals surface area contributed by atoms with Crippen LogP contribution < -0.4 is 5.73 Å². The number of benzene rings is 1. The Morgan fingerprint density at radius 3 is 1.80 bits per heavy atom. The lowest BCUT2D eigenvalue weighted by molar-refractivity contribution is 0.0598. The number of nitrogens with zero attached hydrogens (tertiary/aromatic N) is 1. The van der Waals surface area contributed by atoms with Gasteiger partial charge in [-0.2, -0.15) is 0 Å². The van der Waals surface area contributed by atoms with E-state index in [2.05, 4.69) is 0 Å². The van der Waals surface area contributed by atoms with Crippen molar-refractivity contribution in [2.24, 2.45) is 11.7 Å². The molecule has 1 aliphatic heterocycles. The first-order chi connectivity index (χ1) is 9.27.